The number of ether oxygens (including phenoxy) is 1. The molecule has 0 amide bonds. The summed E-state index contributed by atoms with van der Waals surface area (Å²) < 4.78 is 49.0. The lowest BCUT2D eigenvalue weighted by Gasteiger charge is -2.28. The highest BCUT2D eigenvalue weighted by Crippen LogP contribution is 2.41. The zero-order valence-corrected chi connectivity index (χ0v) is 18.1. The Bertz CT molecular complexity index is 1250. The van der Waals surface area contributed by atoms with Crippen LogP contribution in [0, 0.1) is 5.82 Å². The minimum Gasteiger partial charge on any atom is -0.437 e. The minimum absolute atomic E-state index is 0.0704. The smallest absolute Gasteiger partial charge is 0.246 e. The Morgan fingerprint density at radius 3 is 2.52 bits per heavy atom. The van der Waals surface area contributed by atoms with E-state index in [1.54, 1.807) is 18.2 Å². The molecule has 2 aromatic carbocycles. The maximum absolute atomic E-state index is 13.5. The van der Waals surface area contributed by atoms with Gasteiger partial charge in [0.25, 0.3) is 0 Å². The molecule has 0 atom stereocenters. The highest BCUT2D eigenvalue weighted by atomic mass is 35.5. The Labute approximate surface area is 184 Å². The van der Waals surface area contributed by atoms with E-state index in [9.17, 15) is 17.9 Å². The number of fused-ring (bicyclic) bond motifs is 1. The van der Waals surface area contributed by atoms with Gasteiger partial charge in [-0.1, -0.05) is 11.6 Å². The molecule has 1 aromatic heterocycles. The molecular formula is C21H21ClFN3O4S. The lowest BCUT2D eigenvalue weighted by molar-refractivity contribution is 0.113. The standard InChI is InChI=1S/C21H21ClFN3O4S/c22-18-11-15(3-5-19(18)23)30-21-17-12-16(4-6-20(17)26(24-21)13-1-2-13)31(28,29)25-9-7-14(27)8-10-25/h3-6,11-14,27H,1-2,7-10H2. The van der Waals surface area contributed by atoms with Crippen molar-refractivity contribution in [3.63, 3.8) is 0 Å². The van der Waals surface area contributed by atoms with Crippen LogP contribution in [0.25, 0.3) is 10.9 Å². The molecule has 1 aliphatic carbocycles. The Morgan fingerprint density at radius 1 is 1.10 bits per heavy atom. The maximum atomic E-state index is 13.5. The van der Waals surface area contributed by atoms with E-state index < -0.39 is 21.9 Å². The molecule has 10 heteroatoms. The van der Waals surface area contributed by atoms with Gasteiger partial charge < -0.3 is 9.84 Å². The van der Waals surface area contributed by atoms with Gasteiger partial charge in [-0.25, -0.2) is 12.8 Å². The highest BCUT2D eigenvalue weighted by Gasteiger charge is 2.31. The molecule has 0 spiro atoms. The molecule has 164 valence electrons. The number of benzene rings is 2. The molecule has 1 saturated heterocycles. The van der Waals surface area contributed by atoms with Gasteiger partial charge in [-0.3, -0.25) is 4.68 Å². The average Bonchev–Trinajstić information content (AvgIpc) is 3.53. The SMILES string of the molecule is O=S(=O)(c1ccc2c(c1)c(Oc1ccc(F)c(Cl)c1)nn2C1CC1)N1CCC(O)CC1. The minimum atomic E-state index is -3.72. The third kappa shape index (κ3) is 3.91. The summed E-state index contributed by atoms with van der Waals surface area (Å²) >= 11 is 5.86. The number of halogens is 2. The van der Waals surface area contributed by atoms with E-state index in [0.717, 1.165) is 18.4 Å². The normalized spacial score (nSPS) is 18.5. The van der Waals surface area contributed by atoms with Crippen molar-refractivity contribution in [1.82, 2.24) is 14.1 Å². The van der Waals surface area contributed by atoms with Crippen LogP contribution in [0.15, 0.2) is 41.3 Å². The lowest BCUT2D eigenvalue weighted by Crippen LogP contribution is -2.39. The van der Waals surface area contributed by atoms with E-state index in [1.807, 2.05) is 4.68 Å². The zero-order chi connectivity index (χ0) is 21.8. The van der Waals surface area contributed by atoms with Gasteiger partial charge in [-0.05, 0) is 56.0 Å². The Kier molecular flexibility index (Phi) is 5.16. The summed E-state index contributed by atoms with van der Waals surface area (Å²) in [5.74, 6) is 0.00475. The van der Waals surface area contributed by atoms with Crippen molar-refractivity contribution in [1.29, 1.82) is 0 Å². The molecule has 1 aliphatic heterocycles. The first kappa shape index (κ1) is 20.7. The number of rotatable bonds is 5. The number of nitrogens with zero attached hydrogens (tertiary/aromatic N) is 3. The van der Waals surface area contributed by atoms with Gasteiger partial charge >= 0.3 is 0 Å². The van der Waals surface area contributed by atoms with Crippen molar-refractivity contribution in [2.75, 3.05) is 13.1 Å². The number of sulfonamides is 1. The number of hydrogen-bond acceptors (Lipinski definition) is 5. The summed E-state index contributed by atoms with van der Waals surface area (Å²) in [7, 11) is -3.72. The van der Waals surface area contributed by atoms with E-state index in [2.05, 4.69) is 5.10 Å². The van der Waals surface area contributed by atoms with Gasteiger partial charge in [0.05, 0.1) is 33.0 Å². The van der Waals surface area contributed by atoms with Gasteiger partial charge in [0.1, 0.15) is 11.6 Å². The fourth-order valence-corrected chi connectivity index (χ4v) is 5.48. The average molecular weight is 466 g/mol. The number of hydrogen-bond donors (Lipinski definition) is 1. The van der Waals surface area contributed by atoms with Crippen LogP contribution in [0.2, 0.25) is 5.02 Å². The number of aliphatic hydroxyl groups excluding tert-OH is 1. The second-order valence-electron chi connectivity index (χ2n) is 7.97. The first-order valence-electron chi connectivity index (χ1n) is 10.2. The van der Waals surface area contributed by atoms with Crippen molar-refractivity contribution < 1.29 is 22.7 Å². The highest BCUT2D eigenvalue weighted by molar-refractivity contribution is 7.89. The number of aromatic nitrogens is 2. The van der Waals surface area contributed by atoms with Crippen molar-refractivity contribution >= 4 is 32.5 Å². The van der Waals surface area contributed by atoms with Gasteiger partial charge in [0.2, 0.25) is 15.9 Å². The Morgan fingerprint density at radius 2 is 1.84 bits per heavy atom. The summed E-state index contributed by atoms with van der Waals surface area (Å²) in [6.07, 6.45) is 2.36. The summed E-state index contributed by atoms with van der Waals surface area (Å²) in [4.78, 5) is 0.147. The second-order valence-corrected chi connectivity index (χ2v) is 10.3. The number of piperidine rings is 1. The Hall–Kier alpha value is -2.20. The monoisotopic (exact) mass is 465 g/mol. The van der Waals surface area contributed by atoms with Gasteiger partial charge in [0, 0.05) is 19.2 Å². The molecule has 1 N–H and O–H groups in total. The molecule has 0 unspecified atom stereocenters. The molecule has 2 fully saturated rings. The summed E-state index contributed by atoms with van der Waals surface area (Å²) in [6.45, 7) is 0.556. The first-order chi connectivity index (χ1) is 14.8. The fourth-order valence-electron chi connectivity index (χ4n) is 3.81. The van der Waals surface area contributed by atoms with Crippen LogP contribution < -0.4 is 4.74 Å². The summed E-state index contributed by atoms with van der Waals surface area (Å²) in [5.41, 5.74) is 0.777. The zero-order valence-electron chi connectivity index (χ0n) is 16.5. The molecule has 31 heavy (non-hydrogen) atoms. The van der Waals surface area contributed by atoms with Crippen LogP contribution in [0.1, 0.15) is 31.7 Å². The summed E-state index contributed by atoms with van der Waals surface area (Å²) in [5, 5.41) is 14.7. The first-order valence-corrected chi connectivity index (χ1v) is 12.0. The molecule has 0 radical (unpaired) electrons. The maximum Gasteiger partial charge on any atom is 0.246 e. The quantitative estimate of drug-likeness (QED) is 0.613. The molecule has 2 aliphatic rings. The molecule has 2 heterocycles. The summed E-state index contributed by atoms with van der Waals surface area (Å²) in [6, 6.07) is 9.17. The molecule has 1 saturated carbocycles. The van der Waals surface area contributed by atoms with Crippen molar-refractivity contribution in [3.8, 4) is 11.6 Å². The number of aliphatic hydroxyl groups is 1. The fraction of sp³-hybridized carbons (Fsp3) is 0.381. The topological polar surface area (TPSA) is 84.7 Å². The molecule has 5 rings (SSSR count). The van der Waals surface area contributed by atoms with E-state index in [4.69, 9.17) is 16.3 Å². The van der Waals surface area contributed by atoms with E-state index in [0.29, 0.717) is 24.0 Å². The van der Waals surface area contributed by atoms with Crippen LogP contribution in [0.5, 0.6) is 11.6 Å². The third-order valence-electron chi connectivity index (χ3n) is 5.70. The largest absolute Gasteiger partial charge is 0.437 e. The van der Waals surface area contributed by atoms with Crippen LogP contribution in [0.3, 0.4) is 0 Å². The Balaban J connectivity index is 1.55. The molecule has 0 bridgehead atoms. The van der Waals surface area contributed by atoms with Crippen molar-refractivity contribution in [2.24, 2.45) is 0 Å². The van der Waals surface area contributed by atoms with Crippen molar-refractivity contribution in [2.45, 2.75) is 42.7 Å². The van der Waals surface area contributed by atoms with Crippen LogP contribution >= 0.6 is 11.6 Å². The predicted octanol–water partition coefficient (Wildman–Crippen LogP) is 4.10. The van der Waals surface area contributed by atoms with Gasteiger partial charge in [0.15, 0.2) is 0 Å². The van der Waals surface area contributed by atoms with Crippen LogP contribution in [0.4, 0.5) is 4.39 Å². The molecule has 7 nitrogen and oxygen atoms in total. The second kappa shape index (κ2) is 7.74. The molecule has 3 aromatic rings. The van der Waals surface area contributed by atoms with Crippen molar-refractivity contribution in [3.05, 3.63) is 47.2 Å². The molecular weight excluding hydrogens is 445 g/mol. The third-order valence-corrected chi connectivity index (χ3v) is 7.89. The van der Waals surface area contributed by atoms with E-state index in [1.165, 1.54) is 22.5 Å². The lowest BCUT2D eigenvalue weighted by atomic mass is 10.1. The van der Waals surface area contributed by atoms with E-state index in [-0.39, 0.29) is 34.9 Å². The van der Waals surface area contributed by atoms with Gasteiger partial charge in [-0.15, -0.1) is 5.10 Å². The predicted molar refractivity (Wildman–Crippen MR) is 113 cm³/mol. The van der Waals surface area contributed by atoms with Gasteiger partial charge in [-0.2, -0.15) is 4.31 Å². The van der Waals surface area contributed by atoms with Crippen LogP contribution in [-0.4, -0.2) is 46.8 Å². The van der Waals surface area contributed by atoms with Crippen LogP contribution in [-0.2, 0) is 10.0 Å². The van der Waals surface area contributed by atoms with E-state index >= 15 is 0 Å².